The molecule has 6 aromatic heterocycles. The van der Waals surface area contributed by atoms with E-state index in [2.05, 4.69) is 237 Å². The van der Waals surface area contributed by atoms with Crippen molar-refractivity contribution >= 4 is 22.0 Å². The van der Waals surface area contributed by atoms with Gasteiger partial charge >= 0.3 is 0 Å². The van der Waals surface area contributed by atoms with Crippen molar-refractivity contribution in [1.29, 1.82) is 0 Å². The Morgan fingerprint density at radius 2 is 0.907 bits per heavy atom. The molecule has 0 saturated heterocycles. The Bertz CT molecular complexity index is 3500. The average Bonchev–Trinajstić information content (AvgIpc) is 0.858. The normalized spacial score (nSPS) is 11.6. The Kier molecular flexibility index (Phi) is 44.8. The highest BCUT2D eigenvalue weighted by Crippen LogP contribution is 2.35. The predicted molar refractivity (Wildman–Crippen MR) is 404 cm³/mol. The number of nitrogens with zero attached hydrogens (tertiary/aromatic N) is 8. The molecule has 0 saturated carbocycles. The van der Waals surface area contributed by atoms with E-state index in [1.165, 1.54) is 33.4 Å². The summed E-state index contributed by atoms with van der Waals surface area (Å²) >= 11 is 3.28. The average molecular weight is 1380 g/mol. The van der Waals surface area contributed by atoms with Gasteiger partial charge in [-0.25, -0.2) is 15.0 Å². The fourth-order valence-electron chi connectivity index (χ4n) is 9.58. The van der Waals surface area contributed by atoms with Crippen molar-refractivity contribution < 1.29 is 30.6 Å². The monoisotopic (exact) mass is 1380 g/mol. The summed E-state index contributed by atoms with van der Waals surface area (Å²) < 4.78 is 16.2. The lowest BCUT2D eigenvalue weighted by molar-refractivity contribution is 0.129. The number of rotatable bonds is 20. The van der Waals surface area contributed by atoms with Gasteiger partial charge in [-0.15, -0.1) is 0 Å². The molecule has 5 atom stereocenters. The number of hydrogen-bond donors (Lipinski definition) is 2. The Morgan fingerprint density at radius 1 is 0.464 bits per heavy atom. The van der Waals surface area contributed by atoms with Gasteiger partial charge in [0.1, 0.15) is 0 Å². The van der Waals surface area contributed by atoms with E-state index in [0.29, 0.717) is 35.8 Å². The van der Waals surface area contributed by atoms with Gasteiger partial charge in [0.25, 0.3) is 0 Å². The first-order valence-corrected chi connectivity index (χ1v) is 32.9. The molecular weight excluding hydrogens is 1280 g/mol. The summed E-state index contributed by atoms with van der Waals surface area (Å²) in [5.41, 5.74) is 19.0. The lowest BCUT2D eigenvalue weighted by Gasteiger charge is -2.37. The maximum Gasteiger partial charge on any atom is 0.212 e. The molecule has 97 heavy (non-hydrogen) atoms. The molecule has 0 bridgehead atoms. The van der Waals surface area contributed by atoms with E-state index in [-0.39, 0.29) is 28.5 Å². The number of allylic oxidation sites excluding steroid dienone is 1. The van der Waals surface area contributed by atoms with Crippen molar-refractivity contribution in [1.82, 2.24) is 45.0 Å². The Morgan fingerprint density at radius 3 is 1.28 bits per heavy atom. The maximum atomic E-state index is 5.80. The fourth-order valence-corrected chi connectivity index (χ4v) is 9.81. The van der Waals surface area contributed by atoms with Crippen molar-refractivity contribution in [3.05, 3.63) is 310 Å². The van der Waals surface area contributed by atoms with Crippen LogP contribution in [0.2, 0.25) is 0 Å². The molecule has 0 radical (unpaired) electrons. The second kappa shape index (κ2) is 50.5. The minimum Gasteiger partial charge on any atom is -0.481 e. The lowest BCUT2D eigenvalue weighted by atomic mass is 9.98. The second-order valence-electron chi connectivity index (χ2n) is 22.3. The van der Waals surface area contributed by atoms with Crippen LogP contribution in [0, 0.1) is 20.8 Å². The van der Waals surface area contributed by atoms with Gasteiger partial charge in [0.05, 0.1) is 21.3 Å². The van der Waals surface area contributed by atoms with E-state index in [0.717, 1.165) is 65.0 Å². The summed E-state index contributed by atoms with van der Waals surface area (Å²) in [7, 11) is 9.04. The van der Waals surface area contributed by atoms with Crippen LogP contribution >= 0.6 is 15.9 Å². The van der Waals surface area contributed by atoms with Crippen LogP contribution in [0.15, 0.2) is 248 Å². The number of pyridine rings is 6. The fraction of sp³-hybridized carbons (Fsp3) is 0.300. The molecule has 0 fully saturated rings. The molecule has 520 valence electrons. The molecule has 9 N–H and O–H groups in total. The largest absolute Gasteiger partial charge is 0.481 e. The van der Waals surface area contributed by atoms with Gasteiger partial charge in [0.15, 0.2) is 0 Å². The zero-order chi connectivity index (χ0) is 68.3. The number of hydrogen-bond acceptors (Lipinski definition) is 13. The Labute approximate surface area is 587 Å². The highest BCUT2D eigenvalue weighted by molar-refractivity contribution is 9.10. The van der Waals surface area contributed by atoms with Gasteiger partial charge in [-0.2, -0.15) is 0 Å². The van der Waals surface area contributed by atoms with Gasteiger partial charge in [0, 0.05) is 120 Å². The van der Waals surface area contributed by atoms with E-state index in [4.69, 9.17) is 19.9 Å². The number of aryl methyl sites for hydroxylation is 3. The van der Waals surface area contributed by atoms with Crippen molar-refractivity contribution in [3.63, 3.8) is 0 Å². The third kappa shape index (κ3) is 33.6. The smallest absolute Gasteiger partial charge is 0.212 e. The molecule has 0 amide bonds. The first kappa shape index (κ1) is 86.1. The topological polar surface area (TPSA) is 244 Å². The minimum atomic E-state index is 0. The molecule has 0 spiro atoms. The number of nitrogens with one attached hydrogen (secondary N) is 1. The number of ether oxygens (including phenoxy) is 3. The third-order valence-electron chi connectivity index (χ3n) is 15.1. The molecule has 0 aliphatic carbocycles. The zero-order valence-corrected chi connectivity index (χ0v) is 60.9. The van der Waals surface area contributed by atoms with Gasteiger partial charge in [-0.05, 0) is 166 Å². The van der Waals surface area contributed by atoms with Crippen LogP contribution in [0.5, 0.6) is 17.6 Å². The van der Waals surface area contributed by atoms with Crippen molar-refractivity contribution in [2.24, 2.45) is 5.73 Å². The Balaban J connectivity index is 0.000000590. The van der Waals surface area contributed by atoms with Crippen molar-refractivity contribution in [2.45, 2.75) is 125 Å². The van der Waals surface area contributed by atoms with E-state index < -0.39 is 0 Å². The van der Waals surface area contributed by atoms with Crippen LogP contribution in [0.3, 0.4) is 0 Å². The standard InChI is InChI=1S/C24H28N2O.C15H17N.C11H18N2O.C9H14N2O.C9H11N.C6H6BrN.C6H7N.3H2O/c1-4-23(22-15-16-24(27-3)25-17-22)26(18-20-11-7-5-8-12-20)19(2)21-13-9-6-10-14-21;1-13(15-10-6-3-7-11-15)16-12-14-8-4-2-5-9-14;1-5-10(13(2)3)9-6-7-11(14-4)12-8-9;1-3-8(10)7-4-5-9(12-2)11-6-7;1-3-4-9-6-5-8(2)10-7-9;1-5-2-3-6(7)4-8-5;1-6-4-2-3-5-7-6;;;/h5-17,19,23H,4,18H2,1-3H3;2-11,13,16H,12H2,1H3;6-8,10H,5H2,1-4H3;4-6,8H,3,10H2,1-2H3;3-7H,1-2H3;2-4H,1H3;2-5H,1H3;3*1H2/b;;;;4-3+;;;;;/t19?,23-;;10-;8-;;;;;;/m0.00....../s1. The SMILES string of the molecule is C/C=C/c1ccc(C)nc1.CC(NCc1ccccc1)c1ccccc1.CC[C@@H](c1ccc(OC)nc1)N(C)C.CC[C@@H](c1ccc(OC)nc1)N(Cc1ccccc1)C(C)c1ccccc1.CC[C@H](N)c1ccc(OC)nc1.Cc1ccc(Br)cn1.Cc1ccccn1.O.O.O. The second-order valence-corrected chi connectivity index (χ2v) is 23.2. The predicted octanol–water partition coefficient (Wildman–Crippen LogP) is 16.4. The summed E-state index contributed by atoms with van der Waals surface area (Å²) in [6.45, 7) is 20.7. The quantitative estimate of drug-likeness (QED) is 0.0722. The van der Waals surface area contributed by atoms with Gasteiger partial charge < -0.3 is 46.6 Å². The number of benzene rings is 4. The lowest BCUT2D eigenvalue weighted by Crippen LogP contribution is -2.31. The summed E-state index contributed by atoms with van der Waals surface area (Å²) in [5, 5.41) is 3.52. The molecule has 16 nitrogen and oxygen atoms in total. The van der Waals surface area contributed by atoms with Gasteiger partial charge in [-0.1, -0.05) is 185 Å². The Hall–Kier alpha value is -8.88. The van der Waals surface area contributed by atoms with E-state index in [9.17, 15) is 0 Å². The molecule has 2 unspecified atom stereocenters. The number of nitrogens with two attached hydrogens (primary N) is 1. The summed E-state index contributed by atoms with van der Waals surface area (Å²) in [4.78, 5) is 29.6. The molecule has 17 heteroatoms. The maximum absolute atomic E-state index is 5.80. The molecular formula is C80H107BrN10O6. The van der Waals surface area contributed by atoms with Crippen LogP contribution in [0.1, 0.15) is 153 Å². The van der Waals surface area contributed by atoms with Crippen molar-refractivity contribution in [3.8, 4) is 17.6 Å². The first-order chi connectivity index (χ1) is 45.6. The first-order valence-electron chi connectivity index (χ1n) is 32.2. The minimum absolute atomic E-state index is 0. The molecule has 10 rings (SSSR count). The molecule has 6 heterocycles. The highest BCUT2D eigenvalue weighted by atomic mass is 79.9. The number of halogens is 1. The van der Waals surface area contributed by atoms with Crippen LogP contribution in [-0.4, -0.2) is 91.6 Å². The van der Waals surface area contributed by atoms with Gasteiger partial charge in [0.2, 0.25) is 17.6 Å². The molecule has 10 aromatic rings. The van der Waals surface area contributed by atoms with Crippen LogP contribution in [0.4, 0.5) is 0 Å². The summed E-state index contributed by atoms with van der Waals surface area (Å²) in [6.07, 6.45) is 18.1. The van der Waals surface area contributed by atoms with E-state index >= 15 is 0 Å². The number of aromatic nitrogens is 6. The zero-order valence-electron chi connectivity index (χ0n) is 59.4. The molecule has 4 aromatic carbocycles. The summed E-state index contributed by atoms with van der Waals surface area (Å²) in [5.74, 6) is 1.95. The van der Waals surface area contributed by atoms with E-state index in [1.54, 1.807) is 39.9 Å². The van der Waals surface area contributed by atoms with Crippen LogP contribution in [-0.2, 0) is 13.1 Å². The highest BCUT2D eigenvalue weighted by Gasteiger charge is 2.25. The van der Waals surface area contributed by atoms with Gasteiger partial charge in [-0.3, -0.25) is 19.9 Å². The van der Waals surface area contributed by atoms with E-state index in [1.807, 2.05) is 131 Å². The summed E-state index contributed by atoms with van der Waals surface area (Å²) in [6, 6.07) is 69.6. The molecule has 0 aliphatic rings. The molecule has 0 aliphatic heterocycles. The number of methoxy groups -OCH3 is 3. The van der Waals surface area contributed by atoms with Crippen molar-refractivity contribution in [2.75, 3.05) is 35.4 Å². The third-order valence-corrected chi connectivity index (χ3v) is 15.5. The van der Waals surface area contributed by atoms with Crippen LogP contribution in [0.25, 0.3) is 6.08 Å². The van der Waals surface area contributed by atoms with Crippen LogP contribution < -0.4 is 25.3 Å².